The van der Waals surface area contributed by atoms with Crippen molar-refractivity contribution >= 4 is 23.5 Å². The van der Waals surface area contributed by atoms with Crippen molar-refractivity contribution in [2.45, 2.75) is 6.54 Å². The Hall–Kier alpha value is -3.29. The van der Waals surface area contributed by atoms with Crippen molar-refractivity contribution in [3.63, 3.8) is 0 Å². The van der Waals surface area contributed by atoms with E-state index in [1.807, 2.05) is 0 Å². The van der Waals surface area contributed by atoms with Gasteiger partial charge in [0.25, 0.3) is 5.91 Å². The zero-order valence-electron chi connectivity index (χ0n) is 12.9. The van der Waals surface area contributed by atoms with Crippen LogP contribution in [0.5, 0.6) is 0 Å². The van der Waals surface area contributed by atoms with Crippen molar-refractivity contribution in [2.24, 2.45) is 0 Å². The first-order valence-electron chi connectivity index (χ1n) is 7.37. The zero-order valence-corrected chi connectivity index (χ0v) is 12.9. The number of hydrogen-bond donors (Lipinski definition) is 2. The fraction of sp³-hybridized carbons (Fsp3) is 0.118. The summed E-state index contributed by atoms with van der Waals surface area (Å²) < 4.78 is 26.3. The average Bonchev–Trinajstić information content (AvgIpc) is 2.87. The number of benzene rings is 2. The summed E-state index contributed by atoms with van der Waals surface area (Å²) >= 11 is 0. The first-order valence-corrected chi connectivity index (χ1v) is 7.37. The molecule has 6 nitrogen and oxygen atoms in total. The van der Waals surface area contributed by atoms with Gasteiger partial charge in [-0.1, -0.05) is 12.1 Å². The molecule has 2 N–H and O–H groups in total. The first-order chi connectivity index (χ1) is 11.9. The minimum Gasteiger partial charge on any atom is -0.329 e. The minimum atomic E-state index is -0.839. The maximum absolute atomic E-state index is 13.2. The van der Waals surface area contributed by atoms with Gasteiger partial charge in [0.2, 0.25) is 5.91 Å². The number of carbonyl (C=O) groups excluding carboxylic acids is 3. The molecule has 2 aromatic carbocycles. The van der Waals surface area contributed by atoms with Crippen LogP contribution < -0.4 is 10.6 Å². The standard InChI is InChI=1S/C17H13F2N3O3/c18-12-5-11(6-13(19)7-12)16(24)21-14-3-1-10(2-4-14)9-22-15(23)8-20-17(22)25/h1-7H,8-9H2,(H,20,25)(H,21,24). The van der Waals surface area contributed by atoms with Crippen LogP contribution in [0.25, 0.3) is 0 Å². The third kappa shape index (κ3) is 3.79. The van der Waals surface area contributed by atoms with Crippen molar-refractivity contribution in [2.75, 3.05) is 11.9 Å². The Bertz CT molecular complexity index is 816. The molecule has 8 heteroatoms. The lowest BCUT2D eigenvalue weighted by molar-refractivity contribution is -0.125. The summed E-state index contributed by atoms with van der Waals surface area (Å²) in [6.07, 6.45) is 0. The van der Waals surface area contributed by atoms with Gasteiger partial charge in [0.1, 0.15) is 11.6 Å². The Morgan fingerprint density at radius 1 is 1.08 bits per heavy atom. The van der Waals surface area contributed by atoms with Crippen molar-refractivity contribution in [1.29, 1.82) is 0 Å². The second-order valence-electron chi connectivity index (χ2n) is 5.45. The Morgan fingerprint density at radius 3 is 2.28 bits per heavy atom. The van der Waals surface area contributed by atoms with Gasteiger partial charge >= 0.3 is 6.03 Å². The van der Waals surface area contributed by atoms with Crippen LogP contribution in [0.4, 0.5) is 19.3 Å². The lowest BCUT2D eigenvalue weighted by atomic mass is 10.1. The van der Waals surface area contributed by atoms with Crippen LogP contribution in [-0.2, 0) is 11.3 Å². The quantitative estimate of drug-likeness (QED) is 0.835. The molecule has 0 bridgehead atoms. The van der Waals surface area contributed by atoms with E-state index in [0.29, 0.717) is 17.3 Å². The lowest BCUT2D eigenvalue weighted by Gasteiger charge is -2.13. The SMILES string of the molecule is O=C(Nc1ccc(CN2C(=O)CNC2=O)cc1)c1cc(F)cc(F)c1. The third-order valence-corrected chi connectivity index (χ3v) is 3.61. The highest BCUT2D eigenvalue weighted by Gasteiger charge is 2.28. The molecule has 0 aromatic heterocycles. The monoisotopic (exact) mass is 345 g/mol. The Kier molecular flexibility index (Phi) is 4.42. The molecule has 1 fully saturated rings. The van der Waals surface area contributed by atoms with E-state index < -0.39 is 23.6 Å². The molecule has 4 amide bonds. The molecule has 0 aliphatic carbocycles. The highest BCUT2D eigenvalue weighted by atomic mass is 19.1. The van der Waals surface area contributed by atoms with Crippen molar-refractivity contribution in [3.8, 4) is 0 Å². The van der Waals surface area contributed by atoms with E-state index >= 15 is 0 Å². The van der Waals surface area contributed by atoms with E-state index in [4.69, 9.17) is 0 Å². The second kappa shape index (κ2) is 6.68. The molecule has 1 heterocycles. The number of imide groups is 1. The van der Waals surface area contributed by atoms with Gasteiger partial charge < -0.3 is 10.6 Å². The molecule has 25 heavy (non-hydrogen) atoms. The predicted octanol–water partition coefficient (Wildman–Crippen LogP) is 2.27. The van der Waals surface area contributed by atoms with Gasteiger partial charge in [-0.15, -0.1) is 0 Å². The van der Waals surface area contributed by atoms with E-state index in [0.717, 1.165) is 17.0 Å². The van der Waals surface area contributed by atoms with E-state index in [-0.39, 0.29) is 24.6 Å². The molecule has 1 saturated heterocycles. The largest absolute Gasteiger partial charge is 0.329 e. The molecule has 1 aliphatic heterocycles. The molecule has 0 saturated carbocycles. The number of amides is 4. The fourth-order valence-electron chi connectivity index (χ4n) is 2.38. The van der Waals surface area contributed by atoms with E-state index in [1.165, 1.54) is 0 Å². The Morgan fingerprint density at radius 2 is 1.72 bits per heavy atom. The molecule has 0 unspecified atom stereocenters. The van der Waals surface area contributed by atoms with Crippen molar-refractivity contribution < 1.29 is 23.2 Å². The summed E-state index contributed by atoms with van der Waals surface area (Å²) in [4.78, 5) is 36.1. The van der Waals surface area contributed by atoms with Gasteiger partial charge in [-0.2, -0.15) is 0 Å². The van der Waals surface area contributed by atoms with Crippen LogP contribution in [0.3, 0.4) is 0 Å². The maximum atomic E-state index is 13.2. The average molecular weight is 345 g/mol. The van der Waals surface area contributed by atoms with Gasteiger partial charge in [-0.3, -0.25) is 14.5 Å². The number of carbonyl (C=O) groups is 3. The summed E-state index contributed by atoms with van der Waals surface area (Å²) in [6, 6.07) is 8.52. The topological polar surface area (TPSA) is 78.5 Å². The molecule has 0 atom stereocenters. The first kappa shape index (κ1) is 16.6. The summed E-state index contributed by atoms with van der Waals surface area (Å²) in [5.41, 5.74) is 0.969. The number of urea groups is 1. The second-order valence-corrected chi connectivity index (χ2v) is 5.45. The van der Waals surface area contributed by atoms with Crippen molar-refractivity contribution in [3.05, 3.63) is 65.2 Å². The van der Waals surface area contributed by atoms with Gasteiger partial charge in [-0.25, -0.2) is 13.6 Å². The summed E-state index contributed by atoms with van der Waals surface area (Å²) in [6.45, 7) is 0.102. The highest BCUT2D eigenvalue weighted by Crippen LogP contribution is 2.15. The van der Waals surface area contributed by atoms with Gasteiger partial charge in [0.05, 0.1) is 13.1 Å². The van der Waals surface area contributed by atoms with E-state index in [1.54, 1.807) is 24.3 Å². The van der Waals surface area contributed by atoms with Crippen LogP contribution in [-0.4, -0.2) is 29.3 Å². The number of rotatable bonds is 4. The zero-order chi connectivity index (χ0) is 18.0. The number of nitrogens with one attached hydrogen (secondary N) is 2. The van der Waals surface area contributed by atoms with Gasteiger partial charge in [0.15, 0.2) is 0 Å². The Balaban J connectivity index is 1.67. The highest BCUT2D eigenvalue weighted by molar-refractivity contribution is 6.04. The molecule has 2 aromatic rings. The summed E-state index contributed by atoms with van der Waals surface area (Å²) in [5.74, 6) is -2.64. The third-order valence-electron chi connectivity index (χ3n) is 3.61. The van der Waals surface area contributed by atoms with Gasteiger partial charge in [-0.05, 0) is 29.8 Å². The van der Waals surface area contributed by atoms with Gasteiger partial charge in [0, 0.05) is 17.3 Å². The number of anilines is 1. The van der Waals surface area contributed by atoms with E-state index in [9.17, 15) is 23.2 Å². The normalized spacial score (nSPS) is 13.8. The molecule has 3 rings (SSSR count). The minimum absolute atomic E-state index is 0.0167. The van der Waals surface area contributed by atoms with Crippen LogP contribution in [0.1, 0.15) is 15.9 Å². The molecule has 1 aliphatic rings. The smallest absolute Gasteiger partial charge is 0.324 e. The van der Waals surface area contributed by atoms with Crippen molar-refractivity contribution in [1.82, 2.24) is 10.2 Å². The fourth-order valence-corrected chi connectivity index (χ4v) is 2.38. The molecule has 128 valence electrons. The maximum Gasteiger partial charge on any atom is 0.324 e. The van der Waals surface area contributed by atoms with Crippen LogP contribution in [0.15, 0.2) is 42.5 Å². The molecule has 0 spiro atoms. The van der Waals surface area contributed by atoms with Crippen LogP contribution in [0, 0.1) is 11.6 Å². The molecule has 0 radical (unpaired) electrons. The number of nitrogens with zero attached hydrogens (tertiary/aromatic N) is 1. The Labute approximate surface area is 141 Å². The summed E-state index contributed by atoms with van der Waals surface area (Å²) in [7, 11) is 0. The lowest BCUT2D eigenvalue weighted by Crippen LogP contribution is -2.30. The predicted molar refractivity (Wildman–Crippen MR) is 84.7 cm³/mol. The molecular formula is C17H13F2N3O3. The molecular weight excluding hydrogens is 332 g/mol. The van der Waals surface area contributed by atoms with E-state index in [2.05, 4.69) is 10.6 Å². The van der Waals surface area contributed by atoms with Crippen LogP contribution >= 0.6 is 0 Å². The summed E-state index contributed by atoms with van der Waals surface area (Å²) in [5, 5.41) is 4.94. The number of hydrogen-bond acceptors (Lipinski definition) is 3. The number of halogens is 2. The van der Waals surface area contributed by atoms with Crippen LogP contribution in [0.2, 0.25) is 0 Å².